The number of pyridine rings is 1. The molecule has 0 aliphatic rings. The average Bonchev–Trinajstić information content (AvgIpc) is 2.03. The van der Waals surface area contributed by atoms with Gasteiger partial charge in [-0.3, -0.25) is 4.98 Å². The van der Waals surface area contributed by atoms with Crippen molar-refractivity contribution in [2.24, 2.45) is 0 Å². The van der Waals surface area contributed by atoms with E-state index in [1.165, 1.54) is 6.20 Å². The van der Waals surface area contributed by atoms with Gasteiger partial charge in [0.05, 0.1) is 5.56 Å². The second-order valence-electron chi connectivity index (χ2n) is 3.08. The Morgan fingerprint density at radius 1 is 1.62 bits per heavy atom. The lowest BCUT2D eigenvalue weighted by atomic mass is 10.1. The quantitative estimate of drug-likeness (QED) is 0.749. The van der Waals surface area contributed by atoms with Crippen molar-refractivity contribution < 1.29 is 9.90 Å². The van der Waals surface area contributed by atoms with Crippen LogP contribution in [0.1, 0.15) is 15.9 Å². The van der Waals surface area contributed by atoms with Gasteiger partial charge in [0.25, 0.3) is 0 Å². The molecule has 0 bridgehead atoms. The van der Waals surface area contributed by atoms with E-state index in [1.54, 1.807) is 12.3 Å². The fourth-order valence-electron chi connectivity index (χ4n) is 1.09. The van der Waals surface area contributed by atoms with Gasteiger partial charge in [0.15, 0.2) is 0 Å². The number of aromatic nitrogens is 1. The first-order chi connectivity index (χ1) is 6.11. The number of hydrogen-bond acceptors (Lipinski definition) is 3. The van der Waals surface area contributed by atoms with Gasteiger partial charge in [-0.2, -0.15) is 0 Å². The Balaban J connectivity index is 2.98. The normalized spacial score (nSPS) is 10.4. The Morgan fingerprint density at radius 2 is 2.31 bits per heavy atom. The maximum absolute atomic E-state index is 10.7. The van der Waals surface area contributed by atoms with Crippen molar-refractivity contribution in [3.63, 3.8) is 0 Å². The second kappa shape index (κ2) is 4.00. The molecule has 1 aromatic rings. The van der Waals surface area contributed by atoms with E-state index in [0.29, 0.717) is 6.54 Å². The highest BCUT2D eigenvalue weighted by Crippen LogP contribution is 2.08. The molecule has 0 aliphatic carbocycles. The molecule has 0 aromatic carbocycles. The molecule has 1 rings (SSSR count). The van der Waals surface area contributed by atoms with Crippen LogP contribution in [0.4, 0.5) is 0 Å². The Kier molecular flexibility index (Phi) is 2.97. The number of carboxylic acid groups (broad SMARTS) is 1. The third-order valence-electron chi connectivity index (χ3n) is 1.63. The summed E-state index contributed by atoms with van der Waals surface area (Å²) in [6.45, 7) is 0.615. The third kappa shape index (κ3) is 2.52. The molecule has 1 heterocycles. The van der Waals surface area contributed by atoms with E-state index in [-0.39, 0.29) is 5.56 Å². The first-order valence-corrected chi connectivity index (χ1v) is 3.92. The highest BCUT2D eigenvalue weighted by atomic mass is 16.4. The van der Waals surface area contributed by atoms with E-state index >= 15 is 0 Å². The van der Waals surface area contributed by atoms with Crippen LogP contribution in [0.5, 0.6) is 0 Å². The summed E-state index contributed by atoms with van der Waals surface area (Å²) in [7, 11) is 3.79. The Morgan fingerprint density at radius 3 is 2.85 bits per heavy atom. The van der Waals surface area contributed by atoms with E-state index in [9.17, 15) is 4.79 Å². The van der Waals surface area contributed by atoms with Gasteiger partial charge in [0.1, 0.15) is 0 Å². The van der Waals surface area contributed by atoms with E-state index in [0.717, 1.165) is 5.56 Å². The molecule has 1 aromatic heterocycles. The zero-order valence-corrected chi connectivity index (χ0v) is 7.69. The predicted molar refractivity (Wildman–Crippen MR) is 48.6 cm³/mol. The third-order valence-corrected chi connectivity index (χ3v) is 1.63. The van der Waals surface area contributed by atoms with Crippen LogP contribution in [-0.4, -0.2) is 35.1 Å². The summed E-state index contributed by atoms with van der Waals surface area (Å²) >= 11 is 0. The smallest absolute Gasteiger partial charge is 0.337 e. The number of aromatic carboxylic acids is 1. The molecule has 0 spiro atoms. The lowest BCUT2D eigenvalue weighted by Gasteiger charge is -2.10. The Bertz CT molecular complexity index is 310. The summed E-state index contributed by atoms with van der Waals surface area (Å²) < 4.78 is 0. The molecule has 1 N–H and O–H groups in total. The summed E-state index contributed by atoms with van der Waals surface area (Å²) in [5.74, 6) is -0.926. The van der Waals surface area contributed by atoms with Crippen LogP contribution in [0.3, 0.4) is 0 Å². The van der Waals surface area contributed by atoms with Gasteiger partial charge >= 0.3 is 5.97 Å². The van der Waals surface area contributed by atoms with Crippen molar-refractivity contribution in [3.8, 4) is 0 Å². The van der Waals surface area contributed by atoms with Gasteiger partial charge in [0, 0.05) is 18.9 Å². The minimum absolute atomic E-state index is 0.274. The molecular weight excluding hydrogens is 168 g/mol. The topological polar surface area (TPSA) is 53.4 Å². The Labute approximate surface area is 76.8 Å². The Hall–Kier alpha value is -1.42. The first-order valence-electron chi connectivity index (χ1n) is 3.92. The first kappa shape index (κ1) is 9.67. The van der Waals surface area contributed by atoms with E-state index in [4.69, 9.17) is 5.11 Å². The molecule has 0 saturated carbocycles. The van der Waals surface area contributed by atoms with Crippen LogP contribution in [0.2, 0.25) is 0 Å². The molecule has 0 atom stereocenters. The molecule has 4 nitrogen and oxygen atoms in total. The molecular formula is C9H12N2O2. The maximum Gasteiger partial charge on any atom is 0.337 e. The molecule has 0 unspecified atom stereocenters. The molecule has 0 saturated heterocycles. The SMILES string of the molecule is CN(C)Cc1ccncc1C(=O)O. The molecule has 13 heavy (non-hydrogen) atoms. The lowest BCUT2D eigenvalue weighted by molar-refractivity contribution is 0.0694. The summed E-state index contributed by atoms with van der Waals surface area (Å²) in [5, 5.41) is 8.82. The molecule has 0 fully saturated rings. The largest absolute Gasteiger partial charge is 0.478 e. The van der Waals surface area contributed by atoms with E-state index < -0.39 is 5.97 Å². The van der Waals surface area contributed by atoms with Crippen molar-refractivity contribution in [1.82, 2.24) is 9.88 Å². The number of nitrogens with zero attached hydrogens (tertiary/aromatic N) is 2. The number of carbonyl (C=O) groups is 1. The summed E-state index contributed by atoms with van der Waals surface area (Å²) in [6, 6.07) is 1.73. The number of hydrogen-bond donors (Lipinski definition) is 1. The number of carboxylic acids is 1. The van der Waals surface area contributed by atoms with Crippen molar-refractivity contribution in [1.29, 1.82) is 0 Å². The van der Waals surface area contributed by atoms with Gasteiger partial charge in [-0.25, -0.2) is 4.79 Å². The maximum atomic E-state index is 10.7. The van der Waals surface area contributed by atoms with Crippen LogP contribution < -0.4 is 0 Å². The van der Waals surface area contributed by atoms with E-state index in [1.807, 2.05) is 19.0 Å². The summed E-state index contributed by atoms with van der Waals surface area (Å²) in [6.07, 6.45) is 2.98. The minimum atomic E-state index is -0.926. The van der Waals surface area contributed by atoms with Gasteiger partial charge in [-0.05, 0) is 25.7 Å². The van der Waals surface area contributed by atoms with Crippen LogP contribution in [0, 0.1) is 0 Å². The number of rotatable bonds is 3. The fourth-order valence-corrected chi connectivity index (χ4v) is 1.09. The molecule has 70 valence electrons. The summed E-state index contributed by atoms with van der Waals surface area (Å²) in [5.41, 5.74) is 1.06. The minimum Gasteiger partial charge on any atom is -0.478 e. The van der Waals surface area contributed by atoms with Gasteiger partial charge in [0.2, 0.25) is 0 Å². The van der Waals surface area contributed by atoms with Gasteiger partial charge in [-0.15, -0.1) is 0 Å². The summed E-state index contributed by atoms with van der Waals surface area (Å²) in [4.78, 5) is 16.4. The van der Waals surface area contributed by atoms with Crippen LogP contribution in [-0.2, 0) is 6.54 Å². The highest BCUT2D eigenvalue weighted by Gasteiger charge is 2.09. The molecule has 4 heteroatoms. The van der Waals surface area contributed by atoms with Crippen molar-refractivity contribution in [2.45, 2.75) is 6.54 Å². The highest BCUT2D eigenvalue weighted by molar-refractivity contribution is 5.88. The van der Waals surface area contributed by atoms with Crippen molar-refractivity contribution in [3.05, 3.63) is 29.6 Å². The van der Waals surface area contributed by atoms with Gasteiger partial charge < -0.3 is 10.0 Å². The van der Waals surface area contributed by atoms with E-state index in [2.05, 4.69) is 4.98 Å². The van der Waals surface area contributed by atoms with Crippen molar-refractivity contribution >= 4 is 5.97 Å². The standard InChI is InChI=1S/C9H12N2O2/c1-11(2)6-7-3-4-10-5-8(7)9(12)13/h3-5H,6H2,1-2H3,(H,12,13). The van der Waals surface area contributed by atoms with Gasteiger partial charge in [-0.1, -0.05) is 0 Å². The van der Waals surface area contributed by atoms with Crippen LogP contribution >= 0.6 is 0 Å². The zero-order chi connectivity index (χ0) is 9.84. The zero-order valence-electron chi connectivity index (χ0n) is 7.69. The van der Waals surface area contributed by atoms with Crippen LogP contribution in [0.15, 0.2) is 18.5 Å². The second-order valence-corrected chi connectivity index (χ2v) is 3.08. The molecule has 0 aliphatic heterocycles. The van der Waals surface area contributed by atoms with Crippen LogP contribution in [0.25, 0.3) is 0 Å². The average molecular weight is 180 g/mol. The molecule has 0 amide bonds. The van der Waals surface area contributed by atoms with Crippen molar-refractivity contribution in [2.75, 3.05) is 14.1 Å². The fraction of sp³-hybridized carbons (Fsp3) is 0.333. The monoisotopic (exact) mass is 180 g/mol. The predicted octanol–water partition coefficient (Wildman–Crippen LogP) is 0.841. The molecule has 0 radical (unpaired) electrons. The lowest BCUT2D eigenvalue weighted by Crippen LogP contribution is -2.14.